The highest BCUT2D eigenvalue weighted by Crippen LogP contribution is 1.97. The molecule has 0 bridgehead atoms. The topological polar surface area (TPSA) is 34.4 Å². The van der Waals surface area contributed by atoms with Gasteiger partial charge in [-0.15, -0.1) is 6.58 Å². The van der Waals surface area contributed by atoms with E-state index in [-0.39, 0.29) is 0 Å². The fourth-order valence-electron chi connectivity index (χ4n) is 1.04. The molecular weight excluding hydrogens is 178 g/mol. The fraction of sp³-hybridized carbons (Fsp3) is 0.455. The molecule has 0 saturated carbocycles. The minimum Gasteiger partial charge on any atom is -0.472 e. The van der Waals surface area contributed by atoms with Crippen LogP contribution in [0.2, 0.25) is 0 Å². The van der Waals surface area contributed by atoms with Crippen molar-refractivity contribution in [3.05, 3.63) is 36.8 Å². The summed E-state index contributed by atoms with van der Waals surface area (Å²) in [6.07, 6.45) is 6.20. The molecule has 0 aliphatic heterocycles. The van der Waals surface area contributed by atoms with Crippen molar-refractivity contribution >= 4 is 0 Å². The predicted molar refractivity (Wildman–Crippen MR) is 56.0 cm³/mol. The Hall–Kier alpha value is -1.06. The van der Waals surface area contributed by atoms with E-state index in [9.17, 15) is 0 Å². The van der Waals surface area contributed by atoms with E-state index in [4.69, 9.17) is 9.15 Å². The van der Waals surface area contributed by atoms with Crippen molar-refractivity contribution in [1.29, 1.82) is 0 Å². The summed E-state index contributed by atoms with van der Waals surface area (Å²) >= 11 is 0. The molecule has 0 fully saturated rings. The Balaban J connectivity index is 1.87. The Kier molecular flexibility index (Phi) is 5.79. The fourth-order valence-corrected chi connectivity index (χ4v) is 1.04. The molecule has 0 amide bonds. The van der Waals surface area contributed by atoms with Crippen molar-refractivity contribution in [3.63, 3.8) is 0 Å². The summed E-state index contributed by atoms with van der Waals surface area (Å²) in [6, 6.07) is 1.95. The normalized spacial score (nSPS) is 10.3. The first-order valence-electron chi connectivity index (χ1n) is 4.84. The summed E-state index contributed by atoms with van der Waals surface area (Å²) in [6.45, 7) is 6.82. The van der Waals surface area contributed by atoms with Crippen LogP contribution in [0, 0.1) is 0 Å². The van der Waals surface area contributed by atoms with Crippen molar-refractivity contribution in [1.82, 2.24) is 5.32 Å². The van der Waals surface area contributed by atoms with Gasteiger partial charge in [-0.05, 0) is 12.5 Å². The molecule has 0 unspecified atom stereocenters. The smallest absolute Gasteiger partial charge is 0.0947 e. The van der Waals surface area contributed by atoms with Crippen LogP contribution in [0.25, 0.3) is 0 Å². The summed E-state index contributed by atoms with van der Waals surface area (Å²) in [7, 11) is 0. The number of furan rings is 1. The highest BCUT2D eigenvalue weighted by Gasteiger charge is 1.92. The van der Waals surface area contributed by atoms with Crippen molar-refractivity contribution in [3.8, 4) is 0 Å². The lowest BCUT2D eigenvalue weighted by molar-refractivity contribution is 0.140. The van der Waals surface area contributed by atoms with Crippen LogP contribution in [0.5, 0.6) is 0 Å². The van der Waals surface area contributed by atoms with Gasteiger partial charge in [-0.1, -0.05) is 6.08 Å². The van der Waals surface area contributed by atoms with E-state index in [2.05, 4.69) is 11.9 Å². The van der Waals surface area contributed by atoms with Gasteiger partial charge in [0.2, 0.25) is 0 Å². The molecule has 1 N–H and O–H groups in total. The van der Waals surface area contributed by atoms with E-state index in [1.165, 1.54) is 0 Å². The van der Waals surface area contributed by atoms with Gasteiger partial charge in [-0.2, -0.15) is 0 Å². The second kappa shape index (κ2) is 7.35. The number of nitrogens with one attached hydrogen (secondary N) is 1. The van der Waals surface area contributed by atoms with Crippen LogP contribution < -0.4 is 5.32 Å². The Bertz CT molecular complexity index is 231. The Labute approximate surface area is 84.8 Å². The largest absolute Gasteiger partial charge is 0.472 e. The van der Waals surface area contributed by atoms with Gasteiger partial charge in [-0.25, -0.2) is 0 Å². The van der Waals surface area contributed by atoms with Gasteiger partial charge in [0.15, 0.2) is 0 Å². The summed E-state index contributed by atoms with van der Waals surface area (Å²) in [5, 5.41) is 3.25. The SMILES string of the molecule is C=CCCOCCNCc1ccoc1. The first-order chi connectivity index (χ1) is 6.93. The van der Waals surface area contributed by atoms with Crippen LogP contribution in [0.4, 0.5) is 0 Å². The highest BCUT2D eigenvalue weighted by atomic mass is 16.5. The molecule has 1 rings (SSSR count). The number of hydrogen-bond donors (Lipinski definition) is 1. The van der Waals surface area contributed by atoms with Gasteiger partial charge >= 0.3 is 0 Å². The van der Waals surface area contributed by atoms with E-state index < -0.39 is 0 Å². The molecule has 0 aliphatic carbocycles. The molecule has 78 valence electrons. The van der Waals surface area contributed by atoms with E-state index in [1.54, 1.807) is 12.5 Å². The Morgan fingerprint density at radius 1 is 1.50 bits per heavy atom. The zero-order chi connectivity index (χ0) is 10.1. The molecule has 0 radical (unpaired) electrons. The molecule has 0 spiro atoms. The molecule has 1 heterocycles. The molecule has 1 aromatic rings. The monoisotopic (exact) mass is 195 g/mol. The zero-order valence-corrected chi connectivity index (χ0v) is 8.37. The van der Waals surface area contributed by atoms with Gasteiger partial charge in [0, 0.05) is 18.7 Å². The van der Waals surface area contributed by atoms with E-state index >= 15 is 0 Å². The van der Waals surface area contributed by atoms with Gasteiger partial charge in [0.25, 0.3) is 0 Å². The summed E-state index contributed by atoms with van der Waals surface area (Å²) < 4.78 is 10.3. The second-order valence-corrected chi connectivity index (χ2v) is 3.00. The van der Waals surface area contributed by atoms with Gasteiger partial charge < -0.3 is 14.5 Å². The Morgan fingerprint density at radius 2 is 2.43 bits per heavy atom. The van der Waals surface area contributed by atoms with Crippen LogP contribution in [0.3, 0.4) is 0 Å². The van der Waals surface area contributed by atoms with Crippen LogP contribution in [-0.2, 0) is 11.3 Å². The second-order valence-electron chi connectivity index (χ2n) is 3.00. The maximum absolute atomic E-state index is 5.34. The molecule has 0 saturated heterocycles. The summed E-state index contributed by atoms with van der Waals surface area (Å²) in [5.74, 6) is 0. The lowest BCUT2D eigenvalue weighted by Crippen LogP contribution is -2.19. The third-order valence-corrected chi connectivity index (χ3v) is 1.80. The maximum Gasteiger partial charge on any atom is 0.0947 e. The van der Waals surface area contributed by atoms with Crippen LogP contribution in [0.15, 0.2) is 35.7 Å². The molecule has 0 atom stereocenters. The molecule has 3 nitrogen and oxygen atoms in total. The molecule has 1 aromatic heterocycles. The molecule has 0 aliphatic rings. The average Bonchev–Trinajstić information content (AvgIpc) is 2.69. The third-order valence-electron chi connectivity index (χ3n) is 1.80. The van der Waals surface area contributed by atoms with Crippen LogP contribution in [-0.4, -0.2) is 19.8 Å². The average molecular weight is 195 g/mol. The molecule has 14 heavy (non-hydrogen) atoms. The minimum atomic E-state index is 0.742. The van der Waals surface area contributed by atoms with Gasteiger partial charge in [-0.3, -0.25) is 0 Å². The quantitative estimate of drug-likeness (QED) is 0.508. The lowest BCUT2D eigenvalue weighted by Gasteiger charge is -2.03. The Morgan fingerprint density at radius 3 is 3.14 bits per heavy atom. The first kappa shape index (κ1) is 11.0. The maximum atomic E-state index is 5.34. The molecule has 3 heteroatoms. The predicted octanol–water partition coefficient (Wildman–Crippen LogP) is 1.96. The number of rotatable bonds is 8. The number of hydrogen-bond acceptors (Lipinski definition) is 3. The third kappa shape index (κ3) is 4.84. The highest BCUT2D eigenvalue weighted by molar-refractivity contribution is 5.04. The van der Waals surface area contributed by atoms with Crippen LogP contribution in [0.1, 0.15) is 12.0 Å². The first-order valence-corrected chi connectivity index (χ1v) is 4.84. The van der Waals surface area contributed by atoms with Gasteiger partial charge in [0.05, 0.1) is 25.7 Å². The van der Waals surface area contributed by atoms with Crippen molar-refractivity contribution in [2.24, 2.45) is 0 Å². The molecule has 0 aromatic carbocycles. The lowest BCUT2D eigenvalue weighted by atomic mass is 10.3. The van der Waals surface area contributed by atoms with E-state index in [0.29, 0.717) is 0 Å². The zero-order valence-electron chi connectivity index (χ0n) is 8.37. The van der Waals surface area contributed by atoms with Crippen molar-refractivity contribution in [2.45, 2.75) is 13.0 Å². The summed E-state index contributed by atoms with van der Waals surface area (Å²) in [5.41, 5.74) is 1.16. The van der Waals surface area contributed by atoms with Crippen LogP contribution >= 0.6 is 0 Å². The van der Waals surface area contributed by atoms with E-state index in [0.717, 1.165) is 38.3 Å². The standard InChI is InChI=1S/C11H17NO2/c1-2-3-6-13-8-5-12-9-11-4-7-14-10-11/h2,4,7,10,12H,1,3,5-6,8-9H2. The van der Waals surface area contributed by atoms with Crippen molar-refractivity contribution < 1.29 is 9.15 Å². The van der Waals surface area contributed by atoms with Crippen molar-refractivity contribution in [2.75, 3.05) is 19.8 Å². The minimum absolute atomic E-state index is 0.742. The molecular formula is C11H17NO2. The van der Waals surface area contributed by atoms with Gasteiger partial charge in [0.1, 0.15) is 0 Å². The number of ether oxygens (including phenoxy) is 1. The summed E-state index contributed by atoms with van der Waals surface area (Å²) in [4.78, 5) is 0. The van der Waals surface area contributed by atoms with E-state index in [1.807, 2.05) is 12.1 Å².